The number of rotatable bonds is 2. The molecule has 5 atom stereocenters. The van der Waals surface area contributed by atoms with Gasteiger partial charge in [0.1, 0.15) is 24.4 Å². The molecule has 0 spiro atoms. The molecular weight excluding hydrogens is 180 g/mol. The molecule has 1 saturated heterocycles. The molecule has 0 aliphatic carbocycles. The van der Waals surface area contributed by atoms with Gasteiger partial charge in [-0.25, -0.2) is 0 Å². The lowest BCUT2D eigenvalue weighted by atomic mass is 9.99. The molecule has 0 aromatic carbocycles. The number of ether oxygens (including phenoxy) is 2. The van der Waals surface area contributed by atoms with Crippen LogP contribution in [0.25, 0.3) is 0 Å². The summed E-state index contributed by atoms with van der Waals surface area (Å²) in [6.07, 6.45) is -5.91. The first-order valence-corrected chi connectivity index (χ1v) is 3.95. The molecule has 1 rings (SSSR count). The zero-order valence-electron chi connectivity index (χ0n) is 7.20. The minimum Gasteiger partial charge on any atom is -0.394 e. The molecule has 4 N–H and O–H groups in total. The van der Waals surface area contributed by atoms with E-state index in [-0.39, 0.29) is 0 Å². The predicted octanol–water partition coefficient (Wildman–Crippen LogP) is -2.57. The molecule has 0 aromatic rings. The summed E-state index contributed by atoms with van der Waals surface area (Å²) < 4.78 is 9.65. The largest absolute Gasteiger partial charge is 0.394 e. The van der Waals surface area contributed by atoms with Crippen molar-refractivity contribution in [3.05, 3.63) is 0 Å². The minimum absolute atomic E-state index is 0.440. The second-order valence-electron chi connectivity index (χ2n) is 2.93. The third-order valence-corrected chi connectivity index (χ3v) is 2.08. The van der Waals surface area contributed by atoms with Crippen LogP contribution in [0.1, 0.15) is 0 Å². The van der Waals surface area contributed by atoms with Crippen LogP contribution in [-0.4, -0.2) is 64.8 Å². The molecule has 13 heavy (non-hydrogen) atoms. The third-order valence-electron chi connectivity index (χ3n) is 2.08. The number of hydrogen-bond acceptors (Lipinski definition) is 6. The molecule has 0 aromatic heterocycles. The van der Waals surface area contributed by atoms with Gasteiger partial charge in [0.05, 0.1) is 6.61 Å². The predicted molar refractivity (Wildman–Crippen MR) is 40.8 cm³/mol. The maximum Gasteiger partial charge on any atom is 0.186 e. The smallest absolute Gasteiger partial charge is 0.186 e. The van der Waals surface area contributed by atoms with Crippen molar-refractivity contribution < 1.29 is 29.9 Å². The molecule has 1 aliphatic rings. The van der Waals surface area contributed by atoms with Crippen molar-refractivity contribution in [2.45, 2.75) is 30.7 Å². The first-order valence-electron chi connectivity index (χ1n) is 3.95. The number of aliphatic hydroxyl groups excluding tert-OH is 4. The molecule has 2 unspecified atom stereocenters. The molecule has 0 bridgehead atoms. The summed E-state index contributed by atoms with van der Waals surface area (Å²) >= 11 is 0. The normalized spacial score (nSPS) is 46.4. The van der Waals surface area contributed by atoms with Crippen LogP contribution in [0.3, 0.4) is 0 Å². The van der Waals surface area contributed by atoms with Crippen LogP contribution in [0, 0.1) is 0 Å². The van der Waals surface area contributed by atoms with Gasteiger partial charge >= 0.3 is 0 Å². The van der Waals surface area contributed by atoms with Crippen LogP contribution < -0.4 is 0 Å². The molecule has 0 saturated carbocycles. The summed E-state index contributed by atoms with van der Waals surface area (Å²) in [4.78, 5) is 0. The van der Waals surface area contributed by atoms with Crippen molar-refractivity contribution in [1.29, 1.82) is 0 Å². The number of aliphatic hydroxyl groups is 4. The summed E-state index contributed by atoms with van der Waals surface area (Å²) in [7, 11) is 1.30. The average molecular weight is 194 g/mol. The standard InChI is InChI=1S/C7H14O6/c1-12-7-6(11)5(10)4(9)3(2-8)13-7/h3-11H,2H2,1H3/t3?,4-,5+,6?,7+/m0/s1. The van der Waals surface area contributed by atoms with Gasteiger partial charge in [0.15, 0.2) is 6.29 Å². The highest BCUT2D eigenvalue weighted by Gasteiger charge is 2.43. The third kappa shape index (κ3) is 1.98. The second kappa shape index (κ2) is 4.32. The van der Waals surface area contributed by atoms with Gasteiger partial charge in [0.2, 0.25) is 0 Å². The van der Waals surface area contributed by atoms with Crippen LogP contribution in [0.2, 0.25) is 0 Å². The Morgan fingerprint density at radius 2 is 1.77 bits per heavy atom. The van der Waals surface area contributed by atoms with Gasteiger partial charge in [-0.05, 0) is 0 Å². The molecule has 0 radical (unpaired) electrons. The fraction of sp³-hybridized carbons (Fsp3) is 1.00. The molecule has 0 amide bonds. The molecule has 1 aliphatic heterocycles. The Labute approximate surface area is 75.3 Å². The Kier molecular flexibility index (Phi) is 3.60. The maximum absolute atomic E-state index is 9.28. The van der Waals surface area contributed by atoms with Crippen LogP contribution in [0.15, 0.2) is 0 Å². The topological polar surface area (TPSA) is 99.4 Å². The Morgan fingerprint density at radius 3 is 2.23 bits per heavy atom. The van der Waals surface area contributed by atoms with Crippen LogP contribution in [0.5, 0.6) is 0 Å². The van der Waals surface area contributed by atoms with Gasteiger partial charge in [-0.15, -0.1) is 0 Å². The summed E-state index contributed by atoms with van der Waals surface area (Å²) in [5.74, 6) is 0. The van der Waals surface area contributed by atoms with Crippen molar-refractivity contribution >= 4 is 0 Å². The van der Waals surface area contributed by atoms with Crippen molar-refractivity contribution in [2.24, 2.45) is 0 Å². The number of methoxy groups -OCH3 is 1. The van der Waals surface area contributed by atoms with E-state index in [0.29, 0.717) is 0 Å². The number of hydrogen-bond donors (Lipinski definition) is 4. The highest BCUT2D eigenvalue weighted by atomic mass is 16.7. The molecule has 1 fully saturated rings. The first-order chi connectivity index (χ1) is 6.11. The van der Waals surface area contributed by atoms with Gasteiger partial charge < -0.3 is 29.9 Å². The van der Waals surface area contributed by atoms with Gasteiger partial charge in [0, 0.05) is 7.11 Å². The molecule has 1 heterocycles. The average Bonchev–Trinajstić information content (AvgIpc) is 2.15. The Morgan fingerprint density at radius 1 is 1.15 bits per heavy atom. The fourth-order valence-electron chi connectivity index (χ4n) is 1.26. The van der Waals surface area contributed by atoms with Crippen LogP contribution >= 0.6 is 0 Å². The van der Waals surface area contributed by atoms with E-state index < -0.39 is 37.3 Å². The summed E-state index contributed by atoms with van der Waals surface area (Å²) in [6, 6.07) is 0. The van der Waals surface area contributed by atoms with Crippen molar-refractivity contribution in [2.75, 3.05) is 13.7 Å². The lowest BCUT2D eigenvalue weighted by Gasteiger charge is -2.38. The molecule has 6 nitrogen and oxygen atoms in total. The summed E-state index contributed by atoms with van der Waals surface area (Å²) in [6.45, 7) is -0.440. The highest BCUT2D eigenvalue weighted by Crippen LogP contribution is 2.20. The lowest BCUT2D eigenvalue weighted by molar-refractivity contribution is -0.294. The van der Waals surface area contributed by atoms with E-state index in [1.54, 1.807) is 0 Å². The Bertz CT molecular complexity index is 143. The van der Waals surface area contributed by atoms with Crippen molar-refractivity contribution in [3.8, 4) is 0 Å². The Balaban J connectivity index is 2.66. The monoisotopic (exact) mass is 194 g/mol. The SMILES string of the molecule is CO[C@@H]1OC(CO)[C@H](O)[C@@H](O)C1O. The van der Waals surface area contributed by atoms with E-state index in [2.05, 4.69) is 0 Å². The summed E-state index contributed by atoms with van der Waals surface area (Å²) in [5.41, 5.74) is 0. The van der Waals surface area contributed by atoms with E-state index in [9.17, 15) is 15.3 Å². The maximum atomic E-state index is 9.28. The van der Waals surface area contributed by atoms with E-state index >= 15 is 0 Å². The quantitative estimate of drug-likeness (QED) is 0.386. The second-order valence-corrected chi connectivity index (χ2v) is 2.93. The van der Waals surface area contributed by atoms with Crippen molar-refractivity contribution in [3.63, 3.8) is 0 Å². The van der Waals surface area contributed by atoms with Gasteiger partial charge in [-0.1, -0.05) is 0 Å². The molecule has 78 valence electrons. The lowest BCUT2D eigenvalue weighted by Crippen LogP contribution is -2.58. The van der Waals surface area contributed by atoms with Gasteiger partial charge in [-0.2, -0.15) is 0 Å². The van der Waals surface area contributed by atoms with E-state index in [1.165, 1.54) is 7.11 Å². The minimum atomic E-state index is -1.36. The first kappa shape index (κ1) is 10.8. The van der Waals surface area contributed by atoms with Crippen LogP contribution in [-0.2, 0) is 9.47 Å². The summed E-state index contributed by atoms with van der Waals surface area (Å²) in [5, 5.41) is 36.6. The van der Waals surface area contributed by atoms with E-state index in [1.807, 2.05) is 0 Å². The molecular formula is C7H14O6. The zero-order valence-corrected chi connectivity index (χ0v) is 7.20. The van der Waals surface area contributed by atoms with E-state index in [4.69, 9.17) is 14.6 Å². The van der Waals surface area contributed by atoms with Gasteiger partial charge in [-0.3, -0.25) is 0 Å². The van der Waals surface area contributed by atoms with Crippen LogP contribution in [0.4, 0.5) is 0 Å². The van der Waals surface area contributed by atoms with E-state index in [0.717, 1.165) is 0 Å². The zero-order chi connectivity index (χ0) is 10.0. The van der Waals surface area contributed by atoms with Gasteiger partial charge in [0.25, 0.3) is 0 Å². The van der Waals surface area contributed by atoms with Crippen molar-refractivity contribution in [1.82, 2.24) is 0 Å². The Hall–Kier alpha value is -0.240. The highest BCUT2D eigenvalue weighted by molar-refractivity contribution is 4.88. The molecule has 6 heteroatoms. The fourth-order valence-corrected chi connectivity index (χ4v) is 1.26.